The van der Waals surface area contributed by atoms with Gasteiger partial charge in [-0.3, -0.25) is 9.59 Å². The van der Waals surface area contributed by atoms with Gasteiger partial charge in [-0.1, -0.05) is 50.3 Å². The fourth-order valence-corrected chi connectivity index (χ4v) is 4.10. The van der Waals surface area contributed by atoms with Crippen LogP contribution in [-0.2, 0) is 4.79 Å². The quantitative estimate of drug-likeness (QED) is 0.689. The Bertz CT molecular complexity index is 991. The van der Waals surface area contributed by atoms with Gasteiger partial charge in [0, 0.05) is 17.2 Å². The molecule has 0 radical (unpaired) electrons. The van der Waals surface area contributed by atoms with Crippen molar-refractivity contribution in [1.29, 1.82) is 0 Å². The number of hydrogen-bond acceptors (Lipinski definition) is 4. The van der Waals surface area contributed by atoms with Crippen LogP contribution in [0, 0.1) is 0 Å². The predicted molar refractivity (Wildman–Crippen MR) is 120 cm³/mol. The summed E-state index contributed by atoms with van der Waals surface area (Å²) in [5.74, 6) is 0.847. The van der Waals surface area contributed by atoms with Crippen LogP contribution in [0.4, 0.5) is 5.69 Å². The van der Waals surface area contributed by atoms with Gasteiger partial charge >= 0.3 is 0 Å². The third-order valence-electron chi connectivity index (χ3n) is 5.80. The molecule has 162 valence electrons. The van der Waals surface area contributed by atoms with E-state index in [1.165, 1.54) is 19.3 Å². The lowest BCUT2D eigenvalue weighted by atomic mass is 9.96. The van der Waals surface area contributed by atoms with E-state index in [1.807, 2.05) is 24.3 Å². The molecule has 6 heteroatoms. The molecule has 2 N–H and O–H groups in total. The standard InChI is InChI=1S/C25H28N2O4/c1-30-21-12-8-7-9-17(21)16-23-25(29)27-20-15-18(13-14-22(20)31-23)24(28)26-19-10-5-3-2-4-6-11-19/h7-9,12-16,19H,2-6,10-11H2,1H3,(H,26,28)(H,27,29)/b23-16-. The van der Waals surface area contributed by atoms with Crippen molar-refractivity contribution >= 4 is 23.6 Å². The molecule has 31 heavy (non-hydrogen) atoms. The number of benzene rings is 2. The zero-order valence-electron chi connectivity index (χ0n) is 17.8. The summed E-state index contributed by atoms with van der Waals surface area (Å²) < 4.78 is 11.2. The molecule has 0 aromatic heterocycles. The predicted octanol–water partition coefficient (Wildman–Crippen LogP) is 4.91. The molecule has 6 nitrogen and oxygen atoms in total. The summed E-state index contributed by atoms with van der Waals surface area (Å²) in [5, 5.41) is 5.99. The first kappa shape index (κ1) is 21.0. The summed E-state index contributed by atoms with van der Waals surface area (Å²) >= 11 is 0. The van der Waals surface area contributed by atoms with Gasteiger partial charge in [0.25, 0.3) is 11.8 Å². The second kappa shape index (κ2) is 9.69. The van der Waals surface area contributed by atoms with Gasteiger partial charge in [-0.25, -0.2) is 0 Å². The van der Waals surface area contributed by atoms with Crippen LogP contribution in [0.25, 0.3) is 6.08 Å². The van der Waals surface area contributed by atoms with Crippen molar-refractivity contribution in [3.8, 4) is 11.5 Å². The maximum atomic E-state index is 12.8. The maximum absolute atomic E-state index is 12.8. The van der Waals surface area contributed by atoms with E-state index in [9.17, 15) is 9.59 Å². The van der Waals surface area contributed by atoms with E-state index in [-0.39, 0.29) is 23.6 Å². The molecule has 2 aliphatic rings. The van der Waals surface area contributed by atoms with E-state index >= 15 is 0 Å². The van der Waals surface area contributed by atoms with E-state index in [0.29, 0.717) is 22.7 Å². The van der Waals surface area contributed by atoms with E-state index in [0.717, 1.165) is 31.2 Å². The van der Waals surface area contributed by atoms with Gasteiger partial charge in [-0.15, -0.1) is 0 Å². The largest absolute Gasteiger partial charge is 0.496 e. The fourth-order valence-electron chi connectivity index (χ4n) is 4.10. The smallest absolute Gasteiger partial charge is 0.291 e. The minimum atomic E-state index is -0.365. The molecular weight excluding hydrogens is 392 g/mol. The molecule has 1 aliphatic carbocycles. The molecule has 0 spiro atoms. The Morgan fingerprint density at radius 3 is 2.61 bits per heavy atom. The SMILES string of the molecule is COc1ccccc1/C=C1\Oc2ccc(C(=O)NC3CCCCCCC3)cc2NC1=O. The third kappa shape index (κ3) is 5.08. The number of rotatable bonds is 4. The molecule has 2 aromatic rings. The Morgan fingerprint density at radius 1 is 1.10 bits per heavy atom. The number of anilines is 1. The van der Waals surface area contributed by atoms with E-state index in [2.05, 4.69) is 10.6 Å². The normalized spacial score (nSPS) is 18.2. The van der Waals surface area contributed by atoms with Gasteiger partial charge in [-0.2, -0.15) is 0 Å². The lowest BCUT2D eigenvalue weighted by Gasteiger charge is -2.23. The van der Waals surface area contributed by atoms with Crippen LogP contribution in [0.5, 0.6) is 11.5 Å². The Morgan fingerprint density at radius 2 is 1.84 bits per heavy atom. The number of amides is 2. The monoisotopic (exact) mass is 420 g/mol. The maximum Gasteiger partial charge on any atom is 0.291 e. The van der Waals surface area contributed by atoms with Crippen molar-refractivity contribution in [2.24, 2.45) is 0 Å². The number of para-hydroxylation sites is 1. The third-order valence-corrected chi connectivity index (χ3v) is 5.80. The molecule has 0 atom stereocenters. The van der Waals surface area contributed by atoms with E-state index in [1.54, 1.807) is 31.4 Å². The second-order valence-corrected chi connectivity index (χ2v) is 8.03. The lowest BCUT2D eigenvalue weighted by Crippen LogP contribution is -2.35. The average Bonchev–Trinajstić information content (AvgIpc) is 2.76. The second-order valence-electron chi connectivity index (χ2n) is 8.03. The minimum Gasteiger partial charge on any atom is -0.496 e. The average molecular weight is 421 g/mol. The molecule has 2 aromatic carbocycles. The summed E-state index contributed by atoms with van der Waals surface area (Å²) in [6.45, 7) is 0. The highest BCUT2D eigenvalue weighted by Gasteiger charge is 2.24. The van der Waals surface area contributed by atoms with Crippen molar-refractivity contribution in [1.82, 2.24) is 5.32 Å². The molecule has 0 saturated heterocycles. The topological polar surface area (TPSA) is 76.7 Å². The van der Waals surface area contributed by atoms with Crippen LogP contribution in [0.1, 0.15) is 60.9 Å². The number of hydrogen-bond donors (Lipinski definition) is 2. The van der Waals surface area contributed by atoms with Crippen molar-refractivity contribution < 1.29 is 19.1 Å². The highest BCUT2D eigenvalue weighted by atomic mass is 16.5. The first-order chi connectivity index (χ1) is 15.1. The number of carbonyl (C=O) groups excluding carboxylic acids is 2. The van der Waals surface area contributed by atoms with Crippen molar-refractivity contribution in [3.63, 3.8) is 0 Å². The van der Waals surface area contributed by atoms with Crippen LogP contribution in [0.3, 0.4) is 0 Å². The Balaban J connectivity index is 1.48. The van der Waals surface area contributed by atoms with Crippen molar-refractivity contribution in [2.75, 3.05) is 12.4 Å². The zero-order chi connectivity index (χ0) is 21.6. The van der Waals surface area contributed by atoms with E-state index in [4.69, 9.17) is 9.47 Å². The molecule has 4 rings (SSSR count). The van der Waals surface area contributed by atoms with Gasteiger partial charge in [0.15, 0.2) is 11.5 Å². The van der Waals surface area contributed by atoms with Crippen LogP contribution in [0.2, 0.25) is 0 Å². The number of fused-ring (bicyclic) bond motifs is 1. The molecule has 1 heterocycles. The van der Waals surface area contributed by atoms with Crippen LogP contribution < -0.4 is 20.1 Å². The highest BCUT2D eigenvalue weighted by Crippen LogP contribution is 2.33. The number of ether oxygens (including phenoxy) is 2. The summed E-state index contributed by atoms with van der Waals surface area (Å²) in [7, 11) is 1.58. The first-order valence-electron chi connectivity index (χ1n) is 10.9. The Kier molecular flexibility index (Phi) is 6.55. The highest BCUT2D eigenvalue weighted by molar-refractivity contribution is 6.09. The summed E-state index contributed by atoms with van der Waals surface area (Å²) in [6, 6.07) is 12.7. The number of methoxy groups -OCH3 is 1. The fraction of sp³-hybridized carbons (Fsp3) is 0.360. The lowest BCUT2D eigenvalue weighted by molar-refractivity contribution is -0.115. The van der Waals surface area contributed by atoms with Crippen LogP contribution in [-0.4, -0.2) is 25.0 Å². The van der Waals surface area contributed by atoms with E-state index < -0.39 is 0 Å². The summed E-state index contributed by atoms with van der Waals surface area (Å²) in [6.07, 6.45) is 9.76. The summed E-state index contributed by atoms with van der Waals surface area (Å²) in [4.78, 5) is 25.3. The van der Waals surface area contributed by atoms with Crippen molar-refractivity contribution in [2.45, 2.75) is 51.0 Å². The van der Waals surface area contributed by atoms with Gasteiger partial charge in [-0.05, 0) is 43.2 Å². The zero-order valence-corrected chi connectivity index (χ0v) is 17.8. The first-order valence-corrected chi connectivity index (χ1v) is 10.9. The Labute approximate surface area is 182 Å². The van der Waals surface area contributed by atoms with Crippen LogP contribution >= 0.6 is 0 Å². The van der Waals surface area contributed by atoms with Gasteiger partial charge in [0.2, 0.25) is 0 Å². The molecule has 1 fully saturated rings. The molecular formula is C25H28N2O4. The number of nitrogens with one attached hydrogen (secondary N) is 2. The molecule has 0 bridgehead atoms. The minimum absolute atomic E-state index is 0.113. The number of carbonyl (C=O) groups is 2. The molecule has 1 saturated carbocycles. The van der Waals surface area contributed by atoms with Crippen LogP contribution in [0.15, 0.2) is 48.2 Å². The van der Waals surface area contributed by atoms with Crippen molar-refractivity contribution in [3.05, 3.63) is 59.4 Å². The van der Waals surface area contributed by atoms with Gasteiger partial charge in [0.1, 0.15) is 5.75 Å². The Hall–Kier alpha value is -3.28. The molecule has 1 aliphatic heterocycles. The molecule has 0 unspecified atom stereocenters. The van der Waals surface area contributed by atoms with Gasteiger partial charge < -0.3 is 20.1 Å². The summed E-state index contributed by atoms with van der Waals surface area (Å²) in [5.41, 5.74) is 1.75. The molecule has 2 amide bonds. The van der Waals surface area contributed by atoms with Gasteiger partial charge in [0.05, 0.1) is 12.8 Å².